The second kappa shape index (κ2) is 7.39. The van der Waals surface area contributed by atoms with E-state index in [0.29, 0.717) is 18.8 Å². The molecule has 2 aliphatic rings. The van der Waals surface area contributed by atoms with E-state index in [1.807, 2.05) is 13.0 Å². The highest BCUT2D eigenvalue weighted by Gasteiger charge is 2.57. The second-order valence-corrected chi connectivity index (χ2v) is 7.22. The first kappa shape index (κ1) is 17.7. The number of anilines is 1. The highest BCUT2D eigenvalue weighted by molar-refractivity contribution is 5.82. The van der Waals surface area contributed by atoms with Crippen molar-refractivity contribution in [1.82, 2.24) is 10.6 Å². The molecule has 1 aromatic rings. The van der Waals surface area contributed by atoms with Gasteiger partial charge in [0.05, 0.1) is 4.92 Å². The number of aryl methyl sites for hydroxylation is 1. The van der Waals surface area contributed by atoms with Crippen LogP contribution in [-0.2, 0) is 4.79 Å². The van der Waals surface area contributed by atoms with Gasteiger partial charge in [-0.15, -0.1) is 0 Å². The molecule has 1 amide bonds. The fourth-order valence-electron chi connectivity index (χ4n) is 3.78. The summed E-state index contributed by atoms with van der Waals surface area (Å²) in [5.74, 6) is 0.351. The van der Waals surface area contributed by atoms with Crippen molar-refractivity contribution in [2.24, 2.45) is 11.3 Å². The number of benzene rings is 1. The topological polar surface area (TPSA) is 96.3 Å². The van der Waals surface area contributed by atoms with E-state index < -0.39 is 0 Å². The average Bonchev–Trinajstić information content (AvgIpc) is 3.29. The van der Waals surface area contributed by atoms with Crippen LogP contribution in [0.15, 0.2) is 18.2 Å². The first-order valence-electron chi connectivity index (χ1n) is 8.99. The molecular formula is C18H26N4O3. The zero-order chi connectivity index (χ0) is 17.9. The van der Waals surface area contributed by atoms with Crippen molar-refractivity contribution in [3.63, 3.8) is 0 Å². The number of piperidine rings is 1. The van der Waals surface area contributed by atoms with Crippen LogP contribution < -0.4 is 16.0 Å². The molecule has 1 unspecified atom stereocenters. The van der Waals surface area contributed by atoms with E-state index in [9.17, 15) is 14.9 Å². The van der Waals surface area contributed by atoms with Gasteiger partial charge in [-0.3, -0.25) is 14.9 Å². The molecule has 136 valence electrons. The number of nitro benzene ring substituents is 1. The molecule has 1 aliphatic heterocycles. The lowest BCUT2D eigenvalue weighted by Crippen LogP contribution is -2.34. The predicted molar refractivity (Wildman–Crippen MR) is 96.6 cm³/mol. The van der Waals surface area contributed by atoms with Crippen molar-refractivity contribution < 1.29 is 9.72 Å². The van der Waals surface area contributed by atoms with E-state index in [1.165, 1.54) is 0 Å². The number of hydrogen-bond acceptors (Lipinski definition) is 5. The van der Waals surface area contributed by atoms with Gasteiger partial charge < -0.3 is 16.0 Å². The van der Waals surface area contributed by atoms with Crippen LogP contribution >= 0.6 is 0 Å². The summed E-state index contributed by atoms with van der Waals surface area (Å²) in [6.07, 6.45) is 3.96. The fourth-order valence-corrected chi connectivity index (χ4v) is 3.78. The highest BCUT2D eigenvalue weighted by atomic mass is 16.6. The Labute approximate surface area is 147 Å². The third-order valence-electron chi connectivity index (χ3n) is 5.42. The Hall–Kier alpha value is -2.15. The predicted octanol–water partition coefficient (Wildman–Crippen LogP) is 2.21. The number of rotatable bonds is 7. The van der Waals surface area contributed by atoms with Gasteiger partial charge in [0.15, 0.2) is 0 Å². The van der Waals surface area contributed by atoms with Gasteiger partial charge >= 0.3 is 0 Å². The molecule has 25 heavy (non-hydrogen) atoms. The Morgan fingerprint density at radius 2 is 2.12 bits per heavy atom. The number of nitrogens with one attached hydrogen (secondary N) is 3. The van der Waals surface area contributed by atoms with Crippen LogP contribution in [0.25, 0.3) is 0 Å². The van der Waals surface area contributed by atoms with Crippen LogP contribution in [0.5, 0.6) is 0 Å². The Kier molecular flexibility index (Phi) is 5.22. The maximum Gasteiger partial charge on any atom is 0.292 e. The fraction of sp³-hybridized carbons (Fsp3) is 0.611. The summed E-state index contributed by atoms with van der Waals surface area (Å²) in [6, 6.07) is 5.15. The monoisotopic (exact) mass is 346 g/mol. The molecule has 1 saturated carbocycles. The molecular weight excluding hydrogens is 320 g/mol. The zero-order valence-electron chi connectivity index (χ0n) is 14.6. The SMILES string of the molecule is Cc1ccc(NCCCNC(=O)C2CC23CCNCC3)c([N+](=O)[O-])c1. The molecule has 3 N–H and O–H groups in total. The number of amides is 1. The average molecular weight is 346 g/mol. The summed E-state index contributed by atoms with van der Waals surface area (Å²) >= 11 is 0. The van der Waals surface area contributed by atoms with Crippen molar-refractivity contribution in [3.8, 4) is 0 Å². The van der Waals surface area contributed by atoms with Gasteiger partial charge in [0, 0.05) is 25.1 Å². The highest BCUT2D eigenvalue weighted by Crippen LogP contribution is 2.58. The maximum atomic E-state index is 12.3. The van der Waals surface area contributed by atoms with Gasteiger partial charge in [0.25, 0.3) is 5.69 Å². The Morgan fingerprint density at radius 1 is 1.36 bits per heavy atom. The molecule has 7 heteroatoms. The standard InChI is InChI=1S/C18H26N4O3/c1-13-3-4-15(16(11-13)22(24)25)20-7-2-8-21-17(23)14-12-18(14)5-9-19-10-6-18/h3-4,11,14,19-20H,2,5-10,12H2,1H3,(H,21,23). The Bertz CT molecular complexity index is 656. The number of carbonyl (C=O) groups excluding carboxylic acids is 1. The lowest BCUT2D eigenvalue weighted by atomic mass is 9.92. The summed E-state index contributed by atoms with van der Waals surface area (Å²) < 4.78 is 0. The van der Waals surface area contributed by atoms with E-state index in [1.54, 1.807) is 12.1 Å². The lowest BCUT2D eigenvalue weighted by Gasteiger charge is -2.23. The van der Waals surface area contributed by atoms with Crippen molar-refractivity contribution in [2.45, 2.75) is 32.6 Å². The van der Waals surface area contributed by atoms with Gasteiger partial charge in [-0.2, -0.15) is 0 Å². The van der Waals surface area contributed by atoms with E-state index >= 15 is 0 Å². The number of hydrogen-bond donors (Lipinski definition) is 3. The first-order valence-corrected chi connectivity index (χ1v) is 8.99. The summed E-state index contributed by atoms with van der Waals surface area (Å²) in [5.41, 5.74) is 1.74. The van der Waals surface area contributed by atoms with Gasteiger partial charge in [0.1, 0.15) is 5.69 Å². The molecule has 0 aromatic heterocycles. The molecule has 1 saturated heterocycles. The Balaban J connectivity index is 1.38. The van der Waals surface area contributed by atoms with Crippen molar-refractivity contribution in [2.75, 3.05) is 31.5 Å². The van der Waals surface area contributed by atoms with Crippen molar-refractivity contribution in [3.05, 3.63) is 33.9 Å². The molecule has 1 spiro atoms. The first-order chi connectivity index (χ1) is 12.0. The molecule has 1 aliphatic carbocycles. The lowest BCUT2D eigenvalue weighted by molar-refractivity contribution is -0.384. The van der Waals surface area contributed by atoms with Gasteiger partial charge in [-0.1, -0.05) is 6.07 Å². The maximum absolute atomic E-state index is 12.3. The second-order valence-electron chi connectivity index (χ2n) is 7.22. The van der Waals surface area contributed by atoms with Gasteiger partial charge in [-0.05, 0) is 62.7 Å². The smallest absolute Gasteiger partial charge is 0.292 e. The van der Waals surface area contributed by atoms with E-state index in [4.69, 9.17) is 0 Å². The van der Waals surface area contributed by atoms with Crippen LogP contribution in [0.4, 0.5) is 11.4 Å². The Morgan fingerprint density at radius 3 is 2.84 bits per heavy atom. The van der Waals surface area contributed by atoms with Crippen LogP contribution in [-0.4, -0.2) is 37.0 Å². The minimum Gasteiger partial charge on any atom is -0.379 e. The molecule has 7 nitrogen and oxygen atoms in total. The van der Waals surface area contributed by atoms with E-state index in [-0.39, 0.29) is 27.9 Å². The van der Waals surface area contributed by atoms with Crippen molar-refractivity contribution >= 4 is 17.3 Å². The molecule has 1 aromatic carbocycles. The summed E-state index contributed by atoms with van der Waals surface area (Å²) in [6.45, 7) is 5.05. The third kappa shape index (κ3) is 4.10. The van der Waals surface area contributed by atoms with Crippen LogP contribution in [0.1, 0.15) is 31.2 Å². The number of nitrogens with zero attached hydrogens (tertiary/aromatic N) is 1. The molecule has 0 bridgehead atoms. The van der Waals surface area contributed by atoms with Crippen LogP contribution in [0, 0.1) is 28.4 Å². The quantitative estimate of drug-likeness (QED) is 0.400. The summed E-state index contributed by atoms with van der Waals surface area (Å²) in [4.78, 5) is 23.0. The van der Waals surface area contributed by atoms with Crippen LogP contribution in [0.2, 0.25) is 0 Å². The summed E-state index contributed by atoms with van der Waals surface area (Å²) in [7, 11) is 0. The third-order valence-corrected chi connectivity index (χ3v) is 5.42. The molecule has 1 atom stereocenters. The molecule has 0 radical (unpaired) electrons. The minimum absolute atomic E-state index is 0.0925. The normalized spacial score (nSPS) is 20.9. The van der Waals surface area contributed by atoms with Crippen molar-refractivity contribution in [1.29, 1.82) is 0 Å². The number of carbonyl (C=O) groups is 1. The van der Waals surface area contributed by atoms with E-state index in [0.717, 1.165) is 44.3 Å². The molecule has 2 fully saturated rings. The van der Waals surface area contributed by atoms with Crippen LogP contribution in [0.3, 0.4) is 0 Å². The summed E-state index contributed by atoms with van der Waals surface area (Å²) in [5, 5.41) is 20.5. The number of nitro groups is 1. The zero-order valence-corrected chi connectivity index (χ0v) is 14.6. The van der Waals surface area contributed by atoms with E-state index in [2.05, 4.69) is 16.0 Å². The molecule has 1 heterocycles. The minimum atomic E-state index is -0.372. The van der Waals surface area contributed by atoms with Gasteiger partial charge in [0.2, 0.25) is 5.91 Å². The molecule has 3 rings (SSSR count). The van der Waals surface area contributed by atoms with Gasteiger partial charge in [-0.25, -0.2) is 0 Å². The largest absolute Gasteiger partial charge is 0.379 e.